The Morgan fingerprint density at radius 2 is 2.25 bits per heavy atom. The topological polar surface area (TPSA) is 17.3 Å². The summed E-state index contributed by atoms with van der Waals surface area (Å²) >= 11 is 1.97. The van der Waals surface area contributed by atoms with Crippen molar-refractivity contribution >= 4 is 17.5 Å². The predicted octanol–water partition coefficient (Wildman–Crippen LogP) is 2.08. The van der Waals surface area contributed by atoms with Crippen LogP contribution in [0.4, 0.5) is 0 Å². The van der Waals surface area contributed by atoms with Gasteiger partial charge in [-0.2, -0.15) is 16.9 Å². The fourth-order valence-corrected chi connectivity index (χ4v) is 2.46. The molecule has 1 aliphatic rings. The van der Waals surface area contributed by atoms with Crippen molar-refractivity contribution in [3.05, 3.63) is 24.5 Å². The predicted molar refractivity (Wildman–Crippen MR) is 53.8 cm³/mol. The summed E-state index contributed by atoms with van der Waals surface area (Å²) in [5, 5.41) is 4.51. The van der Waals surface area contributed by atoms with E-state index in [0.29, 0.717) is 5.92 Å². The first-order valence-electron chi connectivity index (χ1n) is 4.15. The summed E-state index contributed by atoms with van der Waals surface area (Å²) in [6.45, 7) is 2.24. The average molecular weight is 180 g/mol. The lowest BCUT2D eigenvalue weighted by atomic mass is 10.1. The Kier molecular flexibility index (Phi) is 2.21. The van der Waals surface area contributed by atoms with E-state index < -0.39 is 0 Å². The first kappa shape index (κ1) is 7.92. The second-order valence-electron chi connectivity index (χ2n) is 3.07. The van der Waals surface area contributed by atoms with Crippen LogP contribution >= 0.6 is 11.8 Å². The molecular weight excluding hydrogens is 168 g/mol. The zero-order valence-corrected chi connectivity index (χ0v) is 7.92. The summed E-state index contributed by atoms with van der Waals surface area (Å²) in [5.74, 6) is 2.97. The molecule has 0 spiro atoms. The van der Waals surface area contributed by atoms with Crippen LogP contribution in [-0.4, -0.2) is 21.9 Å². The van der Waals surface area contributed by atoms with Crippen LogP contribution in [-0.2, 0) is 0 Å². The summed E-state index contributed by atoms with van der Waals surface area (Å²) in [6, 6.07) is 3.99. The summed E-state index contributed by atoms with van der Waals surface area (Å²) in [7, 11) is 0. The minimum absolute atomic E-state index is 0.650. The average Bonchev–Trinajstić information content (AvgIpc) is 2.65. The van der Waals surface area contributed by atoms with Crippen LogP contribution in [0.3, 0.4) is 0 Å². The zero-order chi connectivity index (χ0) is 8.39. The number of hydrogen-bond acceptors (Lipinski definition) is 2. The zero-order valence-electron chi connectivity index (χ0n) is 7.10. The highest BCUT2D eigenvalue weighted by atomic mass is 32.2. The molecule has 0 amide bonds. The Morgan fingerprint density at radius 1 is 1.50 bits per heavy atom. The molecule has 1 aromatic rings. The van der Waals surface area contributed by atoms with Gasteiger partial charge < -0.3 is 0 Å². The van der Waals surface area contributed by atoms with Crippen LogP contribution in [0.1, 0.15) is 6.92 Å². The number of hydrogen-bond donors (Lipinski definition) is 0. The molecule has 1 aliphatic heterocycles. The molecule has 1 saturated heterocycles. The van der Waals surface area contributed by atoms with Gasteiger partial charge in [-0.15, -0.1) is 0 Å². The van der Waals surface area contributed by atoms with Gasteiger partial charge in [0.1, 0.15) is 0 Å². The van der Waals surface area contributed by atoms with E-state index in [1.165, 1.54) is 11.5 Å². The van der Waals surface area contributed by atoms with E-state index in [2.05, 4.69) is 12.0 Å². The summed E-state index contributed by atoms with van der Waals surface area (Å²) in [4.78, 5) is 0. The van der Waals surface area contributed by atoms with E-state index in [-0.39, 0.29) is 0 Å². The first-order valence-corrected chi connectivity index (χ1v) is 5.30. The van der Waals surface area contributed by atoms with Crippen molar-refractivity contribution in [2.75, 3.05) is 11.5 Å². The molecule has 12 heavy (non-hydrogen) atoms. The van der Waals surface area contributed by atoms with Gasteiger partial charge in [0, 0.05) is 29.8 Å². The van der Waals surface area contributed by atoms with Gasteiger partial charge in [0.15, 0.2) is 0 Å². The second kappa shape index (κ2) is 3.35. The van der Waals surface area contributed by atoms with Crippen LogP contribution in [0.15, 0.2) is 29.6 Å². The van der Waals surface area contributed by atoms with E-state index in [1.807, 2.05) is 41.0 Å². The molecule has 2 rings (SSSR count). The molecule has 3 heteroatoms. The van der Waals surface area contributed by atoms with Crippen LogP contribution in [0.25, 0.3) is 0 Å². The molecule has 0 aromatic carbocycles. The van der Waals surface area contributed by atoms with E-state index >= 15 is 0 Å². The third-order valence-corrected chi connectivity index (χ3v) is 3.25. The number of thioether (sulfide) groups is 1. The monoisotopic (exact) mass is 180 g/mol. The lowest BCUT2D eigenvalue weighted by Gasteiger charge is -2.01. The van der Waals surface area contributed by atoms with Crippen LogP contribution in [0.2, 0.25) is 0 Å². The summed E-state index contributed by atoms with van der Waals surface area (Å²) in [5.41, 5.74) is 1.32. The Bertz CT molecular complexity index is 277. The quantitative estimate of drug-likeness (QED) is 0.646. The molecule has 0 bridgehead atoms. The number of nitrogens with zero attached hydrogens (tertiary/aromatic N) is 2. The first-order chi connectivity index (χ1) is 5.86. The van der Waals surface area contributed by atoms with Gasteiger partial charge in [0.25, 0.3) is 0 Å². The maximum Gasteiger partial charge on any atom is 0.0523 e. The molecule has 0 aliphatic carbocycles. The van der Waals surface area contributed by atoms with E-state index in [4.69, 9.17) is 0 Å². The van der Waals surface area contributed by atoms with Crippen molar-refractivity contribution in [3.8, 4) is 0 Å². The highest BCUT2D eigenvalue weighted by Gasteiger charge is 2.18. The van der Waals surface area contributed by atoms with Crippen LogP contribution < -0.4 is 0 Å². The largest absolute Gasteiger partial charge is 0.248 e. The number of rotatable bonds is 1. The molecule has 1 atom stereocenters. The molecule has 64 valence electrons. The summed E-state index contributed by atoms with van der Waals surface area (Å²) in [6.07, 6.45) is 3.95. The van der Waals surface area contributed by atoms with E-state index in [0.717, 1.165) is 5.75 Å². The SMILES string of the molecule is CC1CSC/C1=N\n1cccc1. The van der Waals surface area contributed by atoms with Crippen LogP contribution in [0, 0.1) is 5.92 Å². The molecule has 2 nitrogen and oxygen atoms in total. The molecule has 0 saturated carbocycles. The van der Waals surface area contributed by atoms with E-state index in [9.17, 15) is 0 Å². The maximum absolute atomic E-state index is 4.51. The lowest BCUT2D eigenvalue weighted by molar-refractivity contribution is 0.835. The minimum atomic E-state index is 0.650. The lowest BCUT2D eigenvalue weighted by Crippen LogP contribution is -2.08. The third-order valence-electron chi connectivity index (χ3n) is 2.02. The van der Waals surface area contributed by atoms with Gasteiger partial charge >= 0.3 is 0 Å². The standard InChI is InChI=1S/C9H12N2S/c1-8-6-12-7-9(8)10-11-4-2-3-5-11/h2-5,8H,6-7H2,1H3/b10-9+. The van der Waals surface area contributed by atoms with Crippen molar-refractivity contribution in [1.82, 2.24) is 4.68 Å². The fraction of sp³-hybridized carbons (Fsp3) is 0.444. The maximum atomic E-state index is 4.51. The molecule has 0 N–H and O–H groups in total. The van der Waals surface area contributed by atoms with Gasteiger partial charge in [-0.25, -0.2) is 4.68 Å². The second-order valence-corrected chi connectivity index (χ2v) is 4.10. The van der Waals surface area contributed by atoms with Crippen molar-refractivity contribution in [2.45, 2.75) is 6.92 Å². The number of aromatic nitrogens is 1. The Morgan fingerprint density at radius 3 is 2.83 bits per heavy atom. The molecule has 1 fully saturated rings. The molecule has 1 aromatic heterocycles. The third kappa shape index (κ3) is 1.55. The minimum Gasteiger partial charge on any atom is -0.248 e. The summed E-state index contributed by atoms with van der Waals surface area (Å²) < 4.78 is 1.89. The highest BCUT2D eigenvalue weighted by Crippen LogP contribution is 2.20. The van der Waals surface area contributed by atoms with Crippen molar-refractivity contribution in [2.24, 2.45) is 11.0 Å². The van der Waals surface area contributed by atoms with E-state index in [1.54, 1.807) is 0 Å². The fourth-order valence-electron chi connectivity index (χ4n) is 1.25. The molecular formula is C9H12N2S. The Hall–Kier alpha value is -0.700. The Balaban J connectivity index is 2.18. The molecule has 0 radical (unpaired) electrons. The van der Waals surface area contributed by atoms with Gasteiger partial charge in [-0.1, -0.05) is 6.92 Å². The van der Waals surface area contributed by atoms with Gasteiger partial charge in [-0.3, -0.25) is 0 Å². The highest BCUT2D eigenvalue weighted by molar-refractivity contribution is 8.00. The normalized spacial score (nSPS) is 26.8. The van der Waals surface area contributed by atoms with Crippen molar-refractivity contribution in [1.29, 1.82) is 0 Å². The Labute approximate surface area is 76.7 Å². The smallest absolute Gasteiger partial charge is 0.0523 e. The molecule has 1 unspecified atom stereocenters. The van der Waals surface area contributed by atoms with Crippen LogP contribution in [0.5, 0.6) is 0 Å². The van der Waals surface area contributed by atoms with Crippen molar-refractivity contribution < 1.29 is 0 Å². The van der Waals surface area contributed by atoms with Gasteiger partial charge in [0.05, 0.1) is 5.71 Å². The van der Waals surface area contributed by atoms with Gasteiger partial charge in [-0.05, 0) is 12.1 Å². The van der Waals surface area contributed by atoms with Gasteiger partial charge in [0.2, 0.25) is 0 Å². The molecule has 2 heterocycles. The van der Waals surface area contributed by atoms with Crippen molar-refractivity contribution in [3.63, 3.8) is 0 Å².